The monoisotopic (exact) mass is 770 g/mol. The fourth-order valence-corrected chi connectivity index (χ4v) is 8.81. The number of halogens is 5. The molecule has 1 saturated carbocycles. The van der Waals surface area contributed by atoms with E-state index in [0.717, 1.165) is 73.8 Å². The fourth-order valence-electron chi connectivity index (χ4n) is 8.81. The summed E-state index contributed by atoms with van der Waals surface area (Å²) in [6.45, 7) is 9.92. The second kappa shape index (κ2) is 16.0. The first-order chi connectivity index (χ1) is 23.5. The Kier molecular flexibility index (Phi) is 13.0. The predicted molar refractivity (Wildman–Crippen MR) is 202 cm³/mol. The Morgan fingerprint density at radius 2 is 1.73 bits per heavy atom. The predicted octanol–water partition coefficient (Wildman–Crippen LogP) is 8.70. The molecule has 1 atom stereocenters. The third-order valence-electron chi connectivity index (χ3n) is 11.8. The van der Waals surface area contributed by atoms with Crippen molar-refractivity contribution in [3.63, 3.8) is 0 Å². The molecule has 1 aromatic heterocycles. The molecular weight excluding hydrogens is 716 g/mol. The minimum atomic E-state index is -4.34. The van der Waals surface area contributed by atoms with Crippen molar-refractivity contribution in [2.75, 3.05) is 46.4 Å². The molecule has 2 saturated heterocycles. The lowest BCUT2D eigenvalue weighted by atomic mass is 9.60. The highest BCUT2D eigenvalue weighted by Crippen LogP contribution is 2.54. The molecule has 0 radical (unpaired) electrons. The normalized spacial score (nSPS) is 22.1. The lowest BCUT2D eigenvalue weighted by molar-refractivity contribution is -0.217. The van der Waals surface area contributed by atoms with Crippen molar-refractivity contribution in [3.8, 4) is 5.75 Å². The lowest BCUT2D eigenvalue weighted by Gasteiger charge is -2.52. The van der Waals surface area contributed by atoms with Crippen LogP contribution >= 0.6 is 24.8 Å². The number of carboxylic acids is 1. The largest absolute Gasteiger partial charge is 0.497 e. The van der Waals surface area contributed by atoms with Crippen LogP contribution in [0, 0.1) is 10.8 Å². The van der Waals surface area contributed by atoms with Crippen molar-refractivity contribution in [2.45, 2.75) is 102 Å². The van der Waals surface area contributed by atoms with Gasteiger partial charge in [-0.15, -0.1) is 24.8 Å². The summed E-state index contributed by atoms with van der Waals surface area (Å²) < 4.78 is 56.4. The van der Waals surface area contributed by atoms with Crippen LogP contribution in [0.3, 0.4) is 0 Å². The van der Waals surface area contributed by atoms with Crippen LogP contribution in [0.4, 0.5) is 13.2 Å². The van der Waals surface area contributed by atoms with Gasteiger partial charge in [-0.05, 0) is 133 Å². The van der Waals surface area contributed by atoms with E-state index in [0.29, 0.717) is 32.2 Å². The molecule has 3 aliphatic rings. The van der Waals surface area contributed by atoms with Crippen LogP contribution in [-0.4, -0.2) is 88.9 Å². The van der Waals surface area contributed by atoms with E-state index in [2.05, 4.69) is 42.9 Å². The number of fused-ring (bicyclic) bond motifs is 1. The van der Waals surface area contributed by atoms with Gasteiger partial charge in [-0.1, -0.05) is 18.2 Å². The molecule has 13 heteroatoms. The number of hydrogen-bond acceptors (Lipinski definition) is 6. The number of aliphatic carboxylic acids is 1. The van der Waals surface area contributed by atoms with Gasteiger partial charge in [0.25, 0.3) is 0 Å². The summed E-state index contributed by atoms with van der Waals surface area (Å²) in [6.07, 6.45) is 4.12. The molecule has 1 N–H and O–H groups in total. The Labute approximate surface area is 318 Å². The van der Waals surface area contributed by atoms with Crippen molar-refractivity contribution in [3.05, 3.63) is 59.8 Å². The number of piperidine rings is 1. The maximum Gasteiger partial charge on any atom is 0.395 e. The van der Waals surface area contributed by atoms with Crippen molar-refractivity contribution in [2.24, 2.45) is 10.8 Å². The number of carbonyl (C=O) groups is 1. The maximum absolute atomic E-state index is 14.3. The van der Waals surface area contributed by atoms with Crippen LogP contribution in [0.25, 0.3) is 10.9 Å². The SMILES string of the molecule is COc1ccc([C@]2(CCN(Cc3ccc4nn(C5CC6(CCN(CC(=O)O)CC6)C5)cc4c3)CC(C)(C)C(F)(F)F)CCOC(C)(C)C2)cc1.Cl.Cl. The average Bonchev–Trinajstić information content (AvgIpc) is 3.45. The van der Waals surface area contributed by atoms with Gasteiger partial charge in [0.15, 0.2) is 0 Å². The summed E-state index contributed by atoms with van der Waals surface area (Å²) in [5.41, 5.74) is 0.810. The van der Waals surface area contributed by atoms with Crippen molar-refractivity contribution in [1.29, 1.82) is 0 Å². The third kappa shape index (κ3) is 9.38. The van der Waals surface area contributed by atoms with Gasteiger partial charge in [-0.25, -0.2) is 0 Å². The Bertz CT molecular complexity index is 1650. The number of alkyl halides is 3. The zero-order valence-corrected chi connectivity index (χ0v) is 32.6. The molecule has 2 aromatic carbocycles. The van der Waals surface area contributed by atoms with Crippen LogP contribution in [0.2, 0.25) is 0 Å². The maximum atomic E-state index is 14.3. The molecule has 3 heterocycles. The van der Waals surface area contributed by atoms with Crippen LogP contribution in [0.5, 0.6) is 5.75 Å². The highest BCUT2D eigenvalue weighted by molar-refractivity contribution is 5.85. The second-order valence-corrected chi connectivity index (χ2v) is 16.6. The number of hydrogen-bond donors (Lipinski definition) is 1. The Morgan fingerprint density at radius 1 is 1.06 bits per heavy atom. The number of nitrogens with zero attached hydrogens (tertiary/aromatic N) is 4. The Hall–Kier alpha value is -2.57. The van der Waals surface area contributed by atoms with Crippen molar-refractivity contribution < 1.29 is 32.5 Å². The molecule has 8 nitrogen and oxygen atoms in total. The number of methoxy groups -OCH3 is 1. The van der Waals surface area contributed by atoms with Gasteiger partial charge >= 0.3 is 12.1 Å². The van der Waals surface area contributed by atoms with Gasteiger partial charge in [0.2, 0.25) is 0 Å². The zero-order valence-electron chi connectivity index (χ0n) is 31.0. The zero-order chi connectivity index (χ0) is 36.0. The third-order valence-corrected chi connectivity index (χ3v) is 11.8. The molecule has 3 fully saturated rings. The smallest absolute Gasteiger partial charge is 0.395 e. The van der Waals surface area contributed by atoms with Crippen molar-refractivity contribution in [1.82, 2.24) is 19.6 Å². The standard InChI is InChI=1S/C39H53F3N4O4.2ClH/c1-35(2,39(40,41)42)27-45(18-14-38(15-19-50-36(3,4)26-38)30-7-9-32(49-5)10-8-30)23-28-6-11-33-29(20-28)24-46(43-33)31-21-37(22-31)12-16-44(17-13-37)25-34(47)48;;/h6-11,20,24,31H,12-19,21-23,25-27H2,1-5H3,(H,47,48);2*1H/t38-;;/m1../s1. The highest BCUT2D eigenvalue weighted by Gasteiger charge is 2.49. The van der Waals surface area contributed by atoms with E-state index in [4.69, 9.17) is 19.7 Å². The second-order valence-electron chi connectivity index (χ2n) is 16.6. The molecular formula is C39H55Cl2F3N4O4. The first-order valence-electron chi connectivity index (χ1n) is 18.0. The summed E-state index contributed by atoms with van der Waals surface area (Å²) in [6, 6.07) is 14.5. The topological polar surface area (TPSA) is 80.1 Å². The minimum Gasteiger partial charge on any atom is -0.497 e. The summed E-state index contributed by atoms with van der Waals surface area (Å²) in [5.74, 6) is 0.000626. The van der Waals surface area contributed by atoms with E-state index < -0.39 is 17.6 Å². The van der Waals surface area contributed by atoms with Gasteiger partial charge in [0.05, 0.1) is 36.2 Å². The Balaban J connectivity index is 0.00000302. The van der Waals surface area contributed by atoms with E-state index in [1.807, 2.05) is 34.1 Å². The van der Waals surface area contributed by atoms with Gasteiger partial charge < -0.3 is 14.6 Å². The first kappa shape index (κ1) is 42.2. The van der Waals surface area contributed by atoms with Crippen LogP contribution in [-0.2, 0) is 21.5 Å². The molecule has 0 bridgehead atoms. The molecule has 1 spiro atoms. The van der Waals surface area contributed by atoms with E-state index in [1.54, 1.807) is 7.11 Å². The summed E-state index contributed by atoms with van der Waals surface area (Å²) in [4.78, 5) is 15.1. The summed E-state index contributed by atoms with van der Waals surface area (Å²) in [7, 11) is 1.64. The van der Waals surface area contributed by atoms with Crippen molar-refractivity contribution >= 4 is 41.7 Å². The van der Waals surface area contributed by atoms with E-state index in [9.17, 15) is 18.0 Å². The van der Waals surface area contributed by atoms with Crippen LogP contribution < -0.4 is 4.74 Å². The molecule has 0 amide bonds. The quantitative estimate of drug-likeness (QED) is 0.198. The van der Waals surface area contributed by atoms with Gasteiger partial charge in [0.1, 0.15) is 5.75 Å². The number of likely N-dealkylation sites (tertiary alicyclic amines) is 1. The number of aromatic nitrogens is 2. The fraction of sp³-hybridized carbons (Fsp3) is 0.641. The number of benzene rings is 2. The summed E-state index contributed by atoms with van der Waals surface area (Å²) in [5, 5.41) is 15.0. The Morgan fingerprint density at radius 3 is 2.33 bits per heavy atom. The molecule has 2 aliphatic heterocycles. The number of ether oxygens (including phenoxy) is 2. The van der Waals surface area contributed by atoms with Crippen LogP contribution in [0.15, 0.2) is 48.7 Å². The molecule has 0 unspecified atom stereocenters. The number of carboxylic acid groups (broad SMARTS) is 1. The van der Waals surface area contributed by atoms with Gasteiger partial charge in [-0.2, -0.15) is 18.3 Å². The molecule has 3 aromatic rings. The molecule has 1 aliphatic carbocycles. The van der Waals surface area contributed by atoms with E-state index in [1.165, 1.54) is 19.4 Å². The lowest BCUT2D eigenvalue weighted by Crippen LogP contribution is -2.48. The molecule has 6 rings (SSSR count). The van der Waals surface area contributed by atoms with Crippen LogP contribution in [0.1, 0.15) is 89.8 Å². The summed E-state index contributed by atoms with van der Waals surface area (Å²) >= 11 is 0. The van der Waals surface area contributed by atoms with Gasteiger partial charge in [-0.3, -0.25) is 19.3 Å². The first-order valence-corrected chi connectivity index (χ1v) is 18.0. The van der Waals surface area contributed by atoms with Gasteiger partial charge in [0, 0.05) is 36.7 Å². The average molecular weight is 772 g/mol. The minimum absolute atomic E-state index is 0. The highest BCUT2D eigenvalue weighted by atomic mass is 35.5. The van der Waals surface area contributed by atoms with E-state index in [-0.39, 0.29) is 54.3 Å². The van der Waals surface area contributed by atoms with E-state index >= 15 is 0 Å². The number of rotatable bonds is 12. The molecule has 290 valence electrons. The molecule has 52 heavy (non-hydrogen) atoms.